The Balaban J connectivity index is 1.16. The lowest BCUT2D eigenvalue weighted by molar-refractivity contribution is -0.145. The number of nitrogens with two attached hydrogens (primary N) is 4. The predicted molar refractivity (Wildman–Crippen MR) is 387 cm³/mol. The number of likely N-dealkylation sites (tertiary alicyclic amines) is 2. The van der Waals surface area contributed by atoms with Crippen LogP contribution in [0.25, 0.3) is 10.9 Å². The molecule has 0 saturated carbocycles. The molecular weight excluding hydrogens is 1370 g/mol. The van der Waals surface area contributed by atoms with Crippen LogP contribution in [0.15, 0.2) is 78.3 Å². The van der Waals surface area contributed by atoms with Crippen LogP contribution in [0, 0.1) is 17.8 Å². The van der Waals surface area contributed by atoms with Gasteiger partial charge in [-0.25, -0.2) is 9.78 Å². The van der Waals surface area contributed by atoms with Gasteiger partial charge in [0.25, 0.3) is 0 Å². The third-order valence-corrected chi connectivity index (χ3v) is 18.0. The maximum atomic E-state index is 15.1. The summed E-state index contributed by atoms with van der Waals surface area (Å²) in [6.07, 6.45) is 3.47. The molecule has 2 fully saturated rings. The lowest BCUT2D eigenvalue weighted by Crippen LogP contribution is -2.61. The van der Waals surface area contributed by atoms with Crippen LogP contribution in [0.5, 0.6) is 0 Å². The molecule has 6 rings (SSSR count). The summed E-state index contributed by atoms with van der Waals surface area (Å²) in [5.41, 5.74) is 25.1. The van der Waals surface area contributed by atoms with E-state index in [0.717, 1.165) is 10.9 Å². The number of aromatic amines is 2. The minimum absolute atomic E-state index is 0.0222. The largest absolute Gasteiger partial charge is 0.481 e. The van der Waals surface area contributed by atoms with Gasteiger partial charge in [-0.1, -0.05) is 90.1 Å². The van der Waals surface area contributed by atoms with Gasteiger partial charge in [0, 0.05) is 74.3 Å². The molecule has 0 unspecified atom stereocenters. The van der Waals surface area contributed by atoms with Gasteiger partial charge < -0.3 is 101 Å². The Bertz CT molecular complexity index is 3750. The van der Waals surface area contributed by atoms with Gasteiger partial charge in [0.15, 0.2) is 5.96 Å². The molecule has 0 aliphatic carbocycles. The summed E-state index contributed by atoms with van der Waals surface area (Å²) in [6.45, 7) is 10.2. The van der Waals surface area contributed by atoms with Crippen LogP contribution in [-0.4, -0.2) is 216 Å². The second kappa shape index (κ2) is 40.9. The number of aromatic nitrogens is 3. The van der Waals surface area contributed by atoms with Crippen molar-refractivity contribution in [3.8, 4) is 0 Å². The van der Waals surface area contributed by atoms with Crippen molar-refractivity contribution in [3.63, 3.8) is 0 Å². The second-order valence-corrected chi connectivity index (χ2v) is 28.1. The molecule has 578 valence electrons. The minimum Gasteiger partial charge on any atom is -0.481 e. The van der Waals surface area contributed by atoms with Crippen molar-refractivity contribution >= 4 is 99.7 Å². The molecule has 2 aromatic heterocycles. The molecule has 0 bridgehead atoms. The van der Waals surface area contributed by atoms with E-state index in [-0.39, 0.29) is 120 Å². The van der Waals surface area contributed by atoms with E-state index in [0.29, 0.717) is 29.7 Å². The third kappa shape index (κ3) is 26.3. The first-order chi connectivity index (χ1) is 50.3. The number of hydrogen-bond acceptors (Lipinski definition) is 17. The number of carbonyl (C=O) groups excluding carboxylic acids is 12. The van der Waals surface area contributed by atoms with E-state index in [1.807, 2.05) is 38.1 Å². The number of imidazole rings is 1. The summed E-state index contributed by atoms with van der Waals surface area (Å²) in [5, 5.41) is 44.2. The molecule has 21 N–H and O–H groups in total. The number of para-hydroxylation sites is 1. The molecule has 2 aliphatic heterocycles. The van der Waals surface area contributed by atoms with Crippen molar-refractivity contribution in [2.24, 2.45) is 45.7 Å². The highest BCUT2D eigenvalue weighted by atomic mass is 16.4. The monoisotopic (exact) mass is 1480 g/mol. The maximum absolute atomic E-state index is 15.1. The molecule has 11 atom stereocenters. The number of H-pyrrole nitrogens is 2. The van der Waals surface area contributed by atoms with E-state index in [4.69, 9.17) is 22.9 Å². The summed E-state index contributed by atoms with van der Waals surface area (Å²) in [5.74, 6) is -13.6. The number of fused-ring (bicyclic) bond motifs is 1. The first-order valence-corrected chi connectivity index (χ1v) is 35.7. The molecule has 4 aromatic rings. The van der Waals surface area contributed by atoms with Crippen molar-refractivity contribution < 1.29 is 77.3 Å². The first-order valence-electron chi connectivity index (χ1n) is 35.7. The van der Waals surface area contributed by atoms with E-state index >= 15 is 4.79 Å². The molecule has 106 heavy (non-hydrogen) atoms. The highest BCUT2D eigenvalue weighted by molar-refractivity contribution is 6.00. The smallest absolute Gasteiger partial charge is 0.326 e. The normalized spacial score (nSPS) is 16.7. The van der Waals surface area contributed by atoms with Gasteiger partial charge in [0.2, 0.25) is 70.9 Å². The van der Waals surface area contributed by atoms with Crippen molar-refractivity contribution in [2.45, 2.75) is 204 Å². The van der Waals surface area contributed by atoms with Crippen LogP contribution < -0.4 is 70.8 Å². The fourth-order valence-corrected chi connectivity index (χ4v) is 12.8. The fourth-order valence-electron chi connectivity index (χ4n) is 12.8. The standard InChI is InChI=1S/C71H103N19O16/c1-38(2)27-45(72)60(95)83-51(31-42-34-78-46-18-11-10-17-44(42)46)61(96)79-36-58(92)81-47(19-12-24-77-71(74)75)68(103)89-25-13-21-56(89)67(102)88-54(30-41-15-8-7-9-16-41)69(104)90-26-14-20-55(90)66(101)87-53(33-59(93)94)65(100)85-49(28-39(3)4)62(97)84-50(29-40(5)6)63(98)86-52(32-43-35-76-37-80-43)64(99)82-48(70(105)106)22-23-57(73)91/h7-11,15-18,34-35,37-40,45,47-56,78H,12-14,19-33,36,72H2,1-6H3,(H2,73,91)(H,76,80)(H,79,96)(H,81,92)(H,82,99)(H,83,95)(H,84,97)(H,85,100)(H,86,98)(H,87,101)(H,88,102)(H,93,94)(H,105,106)(H4,74,75,77)/t45-,47-,48-,49-,50-,51-,52-,53-,54-,55-,56-/m0/s1. The van der Waals surface area contributed by atoms with E-state index in [2.05, 4.69) is 67.8 Å². The van der Waals surface area contributed by atoms with Gasteiger partial charge in [0.1, 0.15) is 60.4 Å². The molecule has 4 heterocycles. The number of hydrogen-bond donors (Lipinski definition) is 17. The molecule has 12 amide bonds. The number of benzene rings is 2. The van der Waals surface area contributed by atoms with Crippen LogP contribution in [0.3, 0.4) is 0 Å². The molecule has 0 spiro atoms. The van der Waals surface area contributed by atoms with E-state index < -0.39 is 162 Å². The van der Waals surface area contributed by atoms with Crippen molar-refractivity contribution in [1.29, 1.82) is 0 Å². The SMILES string of the molecule is CC(C)C[C@H](NC(=O)[C@H](CC(C)C)NC(=O)[C@H](CC(=O)O)NC(=O)[C@@H]1CCCN1C(=O)[C@H](Cc1ccccc1)NC(=O)[C@@H]1CCCN1C(=O)[C@H](CCCN=C(N)N)NC(=O)CNC(=O)[C@H](Cc1c[nH]c2ccccc12)NC(=O)[C@@H](N)CC(C)C)C(=O)N[C@@H](Cc1cnc[nH]1)C(=O)N[C@@H](CCC(N)=O)C(=O)O. The number of amides is 12. The molecular formula is C71H103N19O16. The number of aliphatic imine (C=N–C) groups is 1. The van der Waals surface area contributed by atoms with Crippen LogP contribution in [-0.2, 0) is 86.4 Å². The number of carboxylic acid groups (broad SMARTS) is 2. The van der Waals surface area contributed by atoms with Crippen LogP contribution in [0.2, 0.25) is 0 Å². The zero-order valence-electron chi connectivity index (χ0n) is 60.7. The molecule has 2 aliphatic rings. The lowest BCUT2D eigenvalue weighted by Gasteiger charge is -2.32. The van der Waals surface area contributed by atoms with Crippen LogP contribution in [0.4, 0.5) is 0 Å². The Labute approximate surface area is 613 Å². The summed E-state index contributed by atoms with van der Waals surface area (Å²) < 4.78 is 0. The Kier molecular flexibility index (Phi) is 32.4. The van der Waals surface area contributed by atoms with E-state index in [1.54, 1.807) is 64.2 Å². The first kappa shape index (κ1) is 83.9. The van der Waals surface area contributed by atoms with E-state index in [9.17, 15) is 72.5 Å². The zero-order valence-corrected chi connectivity index (χ0v) is 60.7. The van der Waals surface area contributed by atoms with Gasteiger partial charge in [-0.15, -0.1) is 0 Å². The van der Waals surface area contributed by atoms with Crippen molar-refractivity contribution in [1.82, 2.24) is 72.6 Å². The zero-order chi connectivity index (χ0) is 77.9. The Morgan fingerprint density at radius 2 is 1.09 bits per heavy atom. The molecule has 35 heteroatoms. The van der Waals surface area contributed by atoms with Crippen molar-refractivity contribution in [3.05, 3.63) is 90.1 Å². The molecule has 2 aromatic carbocycles. The summed E-state index contributed by atoms with van der Waals surface area (Å²) in [4.78, 5) is 210. The average Bonchev–Trinajstić information content (AvgIpc) is 1.60. The molecule has 0 radical (unpaired) electrons. The number of nitrogens with one attached hydrogen (secondary N) is 11. The van der Waals surface area contributed by atoms with Gasteiger partial charge in [-0.2, -0.15) is 0 Å². The average molecular weight is 1480 g/mol. The Morgan fingerprint density at radius 3 is 1.65 bits per heavy atom. The van der Waals surface area contributed by atoms with Crippen molar-refractivity contribution in [2.75, 3.05) is 26.2 Å². The topological polar surface area (TPSA) is 555 Å². The number of guanidine groups is 1. The van der Waals surface area contributed by atoms with Gasteiger partial charge in [-0.05, 0) is 99.2 Å². The van der Waals surface area contributed by atoms with Gasteiger partial charge in [0.05, 0.1) is 25.3 Å². The quantitative estimate of drug-likeness (QED) is 0.0133. The number of carbonyl (C=O) groups is 14. The fraction of sp³-hybridized carbons (Fsp3) is 0.549. The predicted octanol–water partition coefficient (Wildman–Crippen LogP) is -1.76. The van der Waals surface area contributed by atoms with Crippen LogP contribution in [0.1, 0.15) is 135 Å². The maximum Gasteiger partial charge on any atom is 0.326 e. The number of carboxylic acids is 2. The molecule has 2 saturated heterocycles. The number of primary amides is 1. The Hall–Kier alpha value is -11.0. The molecule has 35 nitrogen and oxygen atoms in total. The summed E-state index contributed by atoms with van der Waals surface area (Å²) in [7, 11) is 0. The number of nitrogens with zero attached hydrogens (tertiary/aromatic N) is 4. The second-order valence-electron chi connectivity index (χ2n) is 28.1. The summed E-state index contributed by atoms with van der Waals surface area (Å²) >= 11 is 0. The lowest BCUT2D eigenvalue weighted by atomic mass is 9.99. The highest BCUT2D eigenvalue weighted by Crippen LogP contribution is 2.25. The highest BCUT2D eigenvalue weighted by Gasteiger charge is 2.44. The summed E-state index contributed by atoms with van der Waals surface area (Å²) in [6, 6.07) is 0.955. The van der Waals surface area contributed by atoms with E-state index in [1.165, 1.54) is 22.3 Å². The Morgan fingerprint density at radius 1 is 0.566 bits per heavy atom. The number of rotatable bonds is 42. The minimum atomic E-state index is -1.85. The van der Waals surface area contributed by atoms with Gasteiger partial charge in [-0.3, -0.25) is 67.3 Å². The third-order valence-electron chi connectivity index (χ3n) is 18.0. The van der Waals surface area contributed by atoms with Crippen LogP contribution >= 0.6 is 0 Å². The van der Waals surface area contributed by atoms with Gasteiger partial charge >= 0.3 is 11.9 Å². The number of aliphatic carboxylic acids is 2.